The van der Waals surface area contributed by atoms with Gasteiger partial charge in [0.05, 0.1) is 0 Å². The van der Waals surface area contributed by atoms with Crippen LogP contribution in [0.25, 0.3) is 0 Å². The van der Waals surface area contributed by atoms with Gasteiger partial charge in [0.1, 0.15) is 6.29 Å². The monoisotopic (exact) mass is 474 g/mol. The van der Waals surface area contributed by atoms with E-state index in [1.807, 2.05) is 20.8 Å². The molecule has 34 heavy (non-hydrogen) atoms. The summed E-state index contributed by atoms with van der Waals surface area (Å²) in [5.41, 5.74) is 1.02. The smallest absolute Gasteiger partial charge is 0.125 e. The van der Waals surface area contributed by atoms with Gasteiger partial charge in [0.25, 0.3) is 0 Å². The van der Waals surface area contributed by atoms with Crippen LogP contribution in [0.15, 0.2) is 0 Å². The van der Waals surface area contributed by atoms with E-state index in [4.69, 9.17) is 0 Å². The van der Waals surface area contributed by atoms with Crippen molar-refractivity contribution in [3.8, 4) is 0 Å². The van der Waals surface area contributed by atoms with Crippen LogP contribution >= 0.6 is 0 Å². The van der Waals surface area contributed by atoms with Gasteiger partial charge < -0.3 is 9.90 Å². The highest BCUT2D eigenvalue weighted by molar-refractivity contribution is 5.56. The standard InChI is InChI=1S/C27H48O.C5H10O/c1-25(2)13-11-18-7-9-20(15-22(18)25)24(27(5,6)17-28)21-10-8-19-12-14-26(3,4)23(19)16-21;1-5(2,3)4-6/h18-24,28H,7-17H2,1-6H3;4H,1-3H3. The molecule has 0 bridgehead atoms. The predicted octanol–water partition coefficient (Wildman–Crippen LogP) is 8.56. The first-order valence-electron chi connectivity index (χ1n) is 14.7. The summed E-state index contributed by atoms with van der Waals surface area (Å²) >= 11 is 0. The lowest BCUT2D eigenvalue weighted by Gasteiger charge is -2.51. The molecule has 0 spiro atoms. The Morgan fingerprint density at radius 2 is 1.15 bits per heavy atom. The number of hydrogen-bond acceptors (Lipinski definition) is 2. The Hall–Kier alpha value is -0.370. The van der Waals surface area contributed by atoms with Gasteiger partial charge in [-0.05, 0) is 122 Å². The van der Waals surface area contributed by atoms with Gasteiger partial charge in [-0.25, -0.2) is 0 Å². The number of carbonyl (C=O) groups is 1. The summed E-state index contributed by atoms with van der Waals surface area (Å²) in [7, 11) is 0. The molecule has 2 nitrogen and oxygen atoms in total. The molecular weight excluding hydrogens is 416 g/mol. The Balaban J connectivity index is 0.000000481. The van der Waals surface area contributed by atoms with Gasteiger partial charge in [-0.2, -0.15) is 0 Å². The molecule has 4 aliphatic rings. The third-order valence-corrected chi connectivity index (χ3v) is 11.1. The van der Waals surface area contributed by atoms with Crippen molar-refractivity contribution in [2.45, 2.75) is 127 Å². The molecule has 0 amide bonds. The average molecular weight is 475 g/mol. The maximum Gasteiger partial charge on any atom is 0.125 e. The Bertz CT molecular complexity index is 640. The molecule has 0 aromatic rings. The number of aliphatic hydroxyl groups excluding tert-OH is 1. The van der Waals surface area contributed by atoms with E-state index in [1.54, 1.807) is 0 Å². The molecule has 198 valence electrons. The van der Waals surface area contributed by atoms with Crippen molar-refractivity contribution in [3.63, 3.8) is 0 Å². The van der Waals surface area contributed by atoms with Crippen molar-refractivity contribution in [2.75, 3.05) is 6.61 Å². The molecule has 6 unspecified atom stereocenters. The van der Waals surface area contributed by atoms with Gasteiger partial charge in [-0.3, -0.25) is 0 Å². The molecule has 0 aromatic carbocycles. The van der Waals surface area contributed by atoms with Crippen molar-refractivity contribution >= 4 is 6.29 Å². The van der Waals surface area contributed by atoms with E-state index in [0.29, 0.717) is 23.4 Å². The fourth-order valence-electron chi connectivity index (χ4n) is 9.04. The number of rotatable bonds is 4. The summed E-state index contributed by atoms with van der Waals surface area (Å²) in [5, 5.41) is 10.4. The Kier molecular flexibility index (Phi) is 8.44. The molecule has 2 heteroatoms. The number of fused-ring (bicyclic) bond motifs is 2. The summed E-state index contributed by atoms with van der Waals surface area (Å²) in [6.45, 7) is 20.9. The Labute approximate surface area is 212 Å². The lowest BCUT2D eigenvalue weighted by molar-refractivity contribution is -0.113. The van der Waals surface area contributed by atoms with Gasteiger partial charge in [0.2, 0.25) is 0 Å². The summed E-state index contributed by atoms with van der Waals surface area (Å²) in [6, 6.07) is 0. The van der Waals surface area contributed by atoms with Gasteiger partial charge in [-0.1, -0.05) is 62.3 Å². The second-order valence-corrected chi connectivity index (χ2v) is 16.1. The first kappa shape index (κ1) is 28.2. The van der Waals surface area contributed by atoms with E-state index in [1.165, 1.54) is 64.2 Å². The zero-order valence-corrected chi connectivity index (χ0v) is 24.3. The lowest BCUT2D eigenvalue weighted by Crippen LogP contribution is -2.45. The number of hydrogen-bond donors (Lipinski definition) is 1. The highest BCUT2D eigenvalue weighted by Gasteiger charge is 2.52. The number of carbonyl (C=O) groups excluding carboxylic acids is 1. The van der Waals surface area contributed by atoms with Gasteiger partial charge in [0, 0.05) is 12.0 Å². The zero-order chi connectivity index (χ0) is 25.5. The molecule has 1 N–H and O–H groups in total. The van der Waals surface area contributed by atoms with Crippen LogP contribution in [0.4, 0.5) is 0 Å². The molecular formula is C32H58O2. The zero-order valence-electron chi connectivity index (χ0n) is 24.3. The molecule has 0 aliphatic heterocycles. The normalized spacial score (nSPS) is 37.7. The molecule has 4 rings (SSSR count). The van der Waals surface area contributed by atoms with Crippen LogP contribution in [0.3, 0.4) is 0 Å². The second kappa shape index (κ2) is 10.2. The third kappa shape index (κ3) is 6.12. The molecule has 4 saturated carbocycles. The van der Waals surface area contributed by atoms with Crippen molar-refractivity contribution in [2.24, 2.45) is 63.1 Å². The quantitative estimate of drug-likeness (QED) is 0.414. The van der Waals surface area contributed by atoms with Crippen molar-refractivity contribution in [1.82, 2.24) is 0 Å². The Morgan fingerprint density at radius 1 is 0.765 bits per heavy atom. The highest BCUT2D eigenvalue weighted by atomic mass is 16.3. The molecule has 0 aromatic heterocycles. The van der Waals surface area contributed by atoms with Crippen LogP contribution < -0.4 is 0 Å². The van der Waals surface area contributed by atoms with Crippen molar-refractivity contribution in [1.29, 1.82) is 0 Å². The van der Waals surface area contributed by atoms with Crippen LogP contribution in [0.2, 0.25) is 0 Å². The molecule has 0 saturated heterocycles. The second-order valence-electron chi connectivity index (χ2n) is 16.1. The van der Waals surface area contributed by atoms with Crippen LogP contribution in [0, 0.1) is 63.1 Å². The van der Waals surface area contributed by atoms with E-state index in [0.717, 1.165) is 41.8 Å². The van der Waals surface area contributed by atoms with Crippen LogP contribution in [-0.2, 0) is 4.79 Å². The first-order chi connectivity index (χ1) is 15.6. The van der Waals surface area contributed by atoms with Gasteiger partial charge in [0.15, 0.2) is 0 Å². The van der Waals surface area contributed by atoms with Crippen LogP contribution in [0.5, 0.6) is 0 Å². The predicted molar refractivity (Wildman–Crippen MR) is 145 cm³/mol. The molecule has 4 fully saturated rings. The molecule has 0 heterocycles. The number of aldehydes is 1. The molecule has 6 atom stereocenters. The van der Waals surface area contributed by atoms with Crippen molar-refractivity contribution < 1.29 is 9.90 Å². The summed E-state index contributed by atoms with van der Waals surface area (Å²) in [6.07, 6.45) is 15.4. The summed E-state index contributed by atoms with van der Waals surface area (Å²) < 4.78 is 0. The fraction of sp³-hybridized carbons (Fsp3) is 0.969. The minimum atomic E-state index is -0.139. The van der Waals surface area contributed by atoms with Crippen LogP contribution in [-0.4, -0.2) is 18.0 Å². The largest absolute Gasteiger partial charge is 0.396 e. The molecule has 4 aliphatic carbocycles. The summed E-state index contributed by atoms with van der Waals surface area (Å²) in [5.74, 6) is 6.25. The minimum Gasteiger partial charge on any atom is -0.396 e. The van der Waals surface area contributed by atoms with Gasteiger partial charge >= 0.3 is 0 Å². The fourth-order valence-corrected chi connectivity index (χ4v) is 9.04. The van der Waals surface area contributed by atoms with E-state index >= 15 is 0 Å². The Morgan fingerprint density at radius 3 is 1.47 bits per heavy atom. The maximum atomic E-state index is 10.4. The minimum absolute atomic E-state index is 0.0699. The van der Waals surface area contributed by atoms with E-state index in [-0.39, 0.29) is 10.8 Å². The van der Waals surface area contributed by atoms with E-state index < -0.39 is 0 Å². The topological polar surface area (TPSA) is 37.3 Å². The summed E-state index contributed by atoms with van der Waals surface area (Å²) in [4.78, 5) is 9.83. The van der Waals surface area contributed by atoms with E-state index in [9.17, 15) is 9.90 Å². The maximum absolute atomic E-state index is 10.4. The van der Waals surface area contributed by atoms with E-state index in [2.05, 4.69) is 41.5 Å². The molecule has 0 radical (unpaired) electrons. The lowest BCUT2D eigenvalue weighted by atomic mass is 9.54. The SMILES string of the molecule is CC(C)(C)C=O.CC1(C)CCC2CCC(C(C3CCC4CCC(C)(C)C4C3)C(C)(C)CO)CC21. The van der Waals surface area contributed by atoms with Crippen LogP contribution in [0.1, 0.15) is 127 Å². The third-order valence-electron chi connectivity index (χ3n) is 11.1. The van der Waals surface area contributed by atoms with Gasteiger partial charge in [-0.15, -0.1) is 0 Å². The number of aliphatic hydroxyl groups is 1. The highest BCUT2D eigenvalue weighted by Crippen LogP contribution is 2.61. The average Bonchev–Trinajstić information content (AvgIpc) is 3.23. The first-order valence-corrected chi connectivity index (χ1v) is 14.7. The van der Waals surface area contributed by atoms with Crippen molar-refractivity contribution in [3.05, 3.63) is 0 Å².